The number of hydrogen-bond donors (Lipinski definition) is 0. The van der Waals surface area contributed by atoms with Crippen LogP contribution in [0.15, 0.2) is 35.7 Å². The van der Waals surface area contributed by atoms with E-state index < -0.39 is 0 Å². The summed E-state index contributed by atoms with van der Waals surface area (Å²) in [5.41, 5.74) is 3.74. The number of ether oxygens (including phenoxy) is 1. The van der Waals surface area contributed by atoms with Crippen molar-refractivity contribution in [3.8, 4) is 0 Å². The Morgan fingerprint density at radius 2 is 2.04 bits per heavy atom. The molecule has 4 heteroatoms. The Morgan fingerprint density at radius 1 is 1.28 bits per heavy atom. The van der Waals surface area contributed by atoms with E-state index in [0.717, 1.165) is 56.9 Å². The van der Waals surface area contributed by atoms with Gasteiger partial charge in [-0.2, -0.15) is 0 Å². The molecule has 0 spiro atoms. The molecule has 0 saturated heterocycles. The van der Waals surface area contributed by atoms with Gasteiger partial charge in [0.05, 0.1) is 5.70 Å². The zero-order valence-corrected chi connectivity index (χ0v) is 16.8. The zero-order valence-electron chi connectivity index (χ0n) is 15.7. The number of benzene rings is 1. The molecular weight excluding hydrogens is 329 g/mol. The third-order valence-corrected chi connectivity index (χ3v) is 5.46. The maximum atomic E-state index is 11.7. The summed E-state index contributed by atoms with van der Waals surface area (Å²) in [6, 6.07) is 8.54. The van der Waals surface area contributed by atoms with Crippen LogP contribution >= 0.6 is 9.24 Å². The molecule has 3 nitrogen and oxygen atoms in total. The number of aryl methyl sites for hydroxylation is 1. The van der Waals surface area contributed by atoms with Crippen molar-refractivity contribution in [1.29, 1.82) is 0 Å². The van der Waals surface area contributed by atoms with E-state index >= 15 is 0 Å². The Kier molecular flexibility index (Phi) is 8.48. The fourth-order valence-electron chi connectivity index (χ4n) is 3.49. The van der Waals surface area contributed by atoms with Gasteiger partial charge in [-0.1, -0.05) is 30.7 Å². The number of unbranched alkanes of at least 4 members (excludes halogenated alkanes) is 2. The van der Waals surface area contributed by atoms with Crippen molar-refractivity contribution in [3.63, 3.8) is 0 Å². The molecule has 2 rings (SSSR count). The number of carbonyl (C=O) groups excluding carboxylic acids is 1. The van der Waals surface area contributed by atoms with Crippen LogP contribution in [-0.4, -0.2) is 36.5 Å². The number of allylic oxidation sites excluding steroid dienone is 2. The highest BCUT2D eigenvalue weighted by molar-refractivity contribution is 7.16. The maximum Gasteiger partial charge on any atom is 0.186 e. The summed E-state index contributed by atoms with van der Waals surface area (Å²) in [7, 11) is 2.78. The van der Waals surface area contributed by atoms with Gasteiger partial charge in [0.25, 0.3) is 0 Å². The molecule has 0 aromatic heterocycles. The molecule has 0 saturated carbocycles. The van der Waals surface area contributed by atoms with Crippen molar-refractivity contribution in [3.05, 3.63) is 46.8 Å². The molecule has 2 atom stereocenters. The third kappa shape index (κ3) is 5.85. The lowest BCUT2D eigenvalue weighted by atomic mass is 9.90. The summed E-state index contributed by atoms with van der Waals surface area (Å²) in [6.45, 7) is 6.04. The van der Waals surface area contributed by atoms with E-state index in [4.69, 9.17) is 4.74 Å². The summed E-state index contributed by atoms with van der Waals surface area (Å²) < 4.78 is 6.14. The predicted octanol–water partition coefficient (Wildman–Crippen LogP) is 4.36. The van der Waals surface area contributed by atoms with Gasteiger partial charge in [-0.3, -0.25) is 4.79 Å². The van der Waals surface area contributed by atoms with Crippen molar-refractivity contribution in [2.75, 3.05) is 19.3 Å². The summed E-state index contributed by atoms with van der Waals surface area (Å²) in [4.78, 5) is 13.9. The number of carbonyl (C=O) groups is 1. The second-order valence-electron chi connectivity index (χ2n) is 6.75. The van der Waals surface area contributed by atoms with Crippen LogP contribution < -0.4 is 0 Å². The zero-order chi connectivity index (χ0) is 18.1. The van der Waals surface area contributed by atoms with Crippen LogP contribution in [0.2, 0.25) is 0 Å². The van der Waals surface area contributed by atoms with Crippen LogP contribution in [0.4, 0.5) is 0 Å². The van der Waals surface area contributed by atoms with Crippen molar-refractivity contribution >= 4 is 15.5 Å². The molecular formula is C21H32NO2P. The van der Waals surface area contributed by atoms with Crippen molar-refractivity contribution < 1.29 is 9.53 Å². The highest BCUT2D eigenvalue weighted by Gasteiger charge is 2.21. The topological polar surface area (TPSA) is 29.5 Å². The van der Waals surface area contributed by atoms with Gasteiger partial charge < -0.3 is 9.64 Å². The Morgan fingerprint density at radius 3 is 2.72 bits per heavy atom. The van der Waals surface area contributed by atoms with E-state index in [2.05, 4.69) is 45.3 Å². The molecule has 138 valence electrons. The minimum atomic E-state index is 0.0980. The second-order valence-corrected chi connectivity index (χ2v) is 7.33. The fourth-order valence-corrected chi connectivity index (χ4v) is 3.77. The fraction of sp³-hybridized carbons (Fsp3) is 0.571. The quantitative estimate of drug-likeness (QED) is 0.204. The van der Waals surface area contributed by atoms with Gasteiger partial charge in [0.15, 0.2) is 12.0 Å². The molecule has 1 aliphatic carbocycles. The summed E-state index contributed by atoms with van der Waals surface area (Å²) >= 11 is 0. The molecule has 1 aromatic rings. The molecule has 0 heterocycles. The molecule has 0 N–H and O–H groups in total. The number of rotatable bonds is 10. The monoisotopic (exact) mass is 361 g/mol. The van der Waals surface area contributed by atoms with Gasteiger partial charge in [-0.05, 0) is 56.8 Å². The third-order valence-electron chi connectivity index (χ3n) is 5.05. The van der Waals surface area contributed by atoms with Crippen molar-refractivity contribution in [2.45, 2.75) is 58.5 Å². The number of aldehydes is 1. The van der Waals surface area contributed by atoms with Gasteiger partial charge in [0.2, 0.25) is 0 Å². The van der Waals surface area contributed by atoms with E-state index in [9.17, 15) is 4.79 Å². The second kappa shape index (κ2) is 10.6. The minimum absolute atomic E-state index is 0.0980. The van der Waals surface area contributed by atoms with E-state index in [1.54, 1.807) is 0 Å². The Balaban J connectivity index is 1.99. The van der Waals surface area contributed by atoms with Crippen LogP contribution in [0.1, 0.15) is 50.7 Å². The molecule has 0 radical (unpaired) electrons. The Labute approximate surface area is 155 Å². The lowest BCUT2D eigenvalue weighted by Crippen LogP contribution is -2.27. The first-order chi connectivity index (χ1) is 12.2. The van der Waals surface area contributed by atoms with Crippen LogP contribution in [0, 0.1) is 0 Å². The minimum Gasteiger partial charge on any atom is -0.485 e. The first-order valence-electron chi connectivity index (χ1n) is 9.54. The predicted molar refractivity (Wildman–Crippen MR) is 108 cm³/mol. The summed E-state index contributed by atoms with van der Waals surface area (Å²) in [6.07, 6.45) is 8.66. The molecule has 1 aromatic carbocycles. The Bertz CT molecular complexity index is 585. The Hall–Kier alpha value is -1.34. The van der Waals surface area contributed by atoms with Gasteiger partial charge in [0, 0.05) is 19.5 Å². The highest BCUT2D eigenvalue weighted by atomic mass is 31.0. The van der Waals surface area contributed by atoms with Crippen LogP contribution in [-0.2, 0) is 22.4 Å². The molecule has 25 heavy (non-hydrogen) atoms. The lowest BCUT2D eigenvalue weighted by Gasteiger charge is -2.29. The van der Waals surface area contributed by atoms with Crippen molar-refractivity contribution in [1.82, 2.24) is 4.90 Å². The van der Waals surface area contributed by atoms with Crippen LogP contribution in [0.5, 0.6) is 0 Å². The number of hydrogen-bond acceptors (Lipinski definition) is 3. The average molecular weight is 361 g/mol. The van der Waals surface area contributed by atoms with Crippen LogP contribution in [0.3, 0.4) is 0 Å². The molecule has 0 aliphatic heterocycles. The SMILES string of the molecule is CCN(CCCCCP)/C(C)=C(/C=O)OC1CCc2ccccc2C1. The number of fused-ring (bicyclic) bond motifs is 1. The first kappa shape index (κ1) is 20.0. The van der Waals surface area contributed by atoms with Crippen molar-refractivity contribution in [2.24, 2.45) is 0 Å². The summed E-state index contributed by atoms with van der Waals surface area (Å²) in [5, 5.41) is 0. The highest BCUT2D eigenvalue weighted by Crippen LogP contribution is 2.25. The van der Waals surface area contributed by atoms with E-state index in [1.165, 1.54) is 24.0 Å². The molecule has 0 bridgehead atoms. The van der Waals surface area contributed by atoms with Gasteiger partial charge in [-0.25, -0.2) is 0 Å². The van der Waals surface area contributed by atoms with Crippen LogP contribution in [0.25, 0.3) is 0 Å². The molecule has 1 aliphatic rings. The smallest absolute Gasteiger partial charge is 0.186 e. The summed E-state index contributed by atoms with van der Waals surface area (Å²) in [5.74, 6) is 0.511. The molecule has 0 fully saturated rings. The number of nitrogens with zero attached hydrogens (tertiary/aromatic N) is 1. The normalized spacial score (nSPS) is 17.5. The van der Waals surface area contributed by atoms with E-state index in [1.807, 2.05) is 6.92 Å². The maximum absolute atomic E-state index is 11.7. The molecule has 2 unspecified atom stereocenters. The average Bonchev–Trinajstić information content (AvgIpc) is 2.65. The van der Waals surface area contributed by atoms with Gasteiger partial charge in [-0.15, -0.1) is 9.24 Å². The lowest BCUT2D eigenvalue weighted by molar-refractivity contribution is -0.109. The van der Waals surface area contributed by atoms with Gasteiger partial charge in [0.1, 0.15) is 6.10 Å². The standard InChI is InChI=1S/C21H32NO2P/c1-3-22(13-7-4-8-14-25)17(2)21(16-23)24-20-12-11-18-9-5-6-10-19(18)15-20/h5-6,9-10,16,20H,3-4,7-8,11-15,25H2,1-2H3/b21-17-. The van der Waals surface area contributed by atoms with E-state index in [-0.39, 0.29) is 6.10 Å². The van der Waals surface area contributed by atoms with E-state index in [0.29, 0.717) is 5.76 Å². The first-order valence-corrected chi connectivity index (χ1v) is 10.4. The van der Waals surface area contributed by atoms with Gasteiger partial charge >= 0.3 is 0 Å². The molecule has 0 amide bonds. The largest absolute Gasteiger partial charge is 0.485 e.